The maximum atomic E-state index is 5.26. The molecule has 0 aliphatic rings. The monoisotopic (exact) mass is 658 g/mol. The van der Waals surface area contributed by atoms with Crippen molar-refractivity contribution in [2.45, 2.75) is 0 Å². The largest absolute Gasteiger partial charge is 0.281 e. The molecule has 4 heterocycles. The maximum Gasteiger partial charge on any atom is 0.195 e. The van der Waals surface area contributed by atoms with E-state index in [-0.39, 0.29) is 0 Å². The lowest BCUT2D eigenvalue weighted by Crippen LogP contribution is -2.00. The van der Waals surface area contributed by atoms with Crippen molar-refractivity contribution in [3.05, 3.63) is 158 Å². The Morgan fingerprint density at radius 2 is 1.00 bits per heavy atom. The van der Waals surface area contributed by atoms with Gasteiger partial charge in [0, 0.05) is 33.2 Å². The maximum absolute atomic E-state index is 5.26. The molecule has 234 valence electrons. The van der Waals surface area contributed by atoms with Crippen LogP contribution in [0.25, 0.3) is 93.7 Å². The van der Waals surface area contributed by atoms with Gasteiger partial charge in [0.05, 0.1) is 21.4 Å². The number of para-hydroxylation sites is 1. The highest BCUT2D eigenvalue weighted by molar-refractivity contribution is 7.24. The van der Waals surface area contributed by atoms with Crippen LogP contribution in [0, 0.1) is 0 Å². The summed E-state index contributed by atoms with van der Waals surface area (Å²) in [5.41, 5.74) is 11.0. The number of imidazole rings is 1. The third-order valence-electron chi connectivity index (χ3n) is 9.07. The van der Waals surface area contributed by atoms with Gasteiger partial charge in [0.2, 0.25) is 0 Å². The first kappa shape index (κ1) is 28.4. The van der Waals surface area contributed by atoms with Gasteiger partial charge in [0.25, 0.3) is 0 Å². The van der Waals surface area contributed by atoms with E-state index in [9.17, 15) is 0 Å². The molecular formula is C43H26N6S. The summed E-state index contributed by atoms with van der Waals surface area (Å²) in [5, 5.41) is 1.05. The second-order valence-electron chi connectivity index (χ2n) is 12.1. The molecule has 0 bridgehead atoms. The highest BCUT2D eigenvalue weighted by Crippen LogP contribution is 2.41. The van der Waals surface area contributed by atoms with E-state index < -0.39 is 0 Å². The molecule has 50 heavy (non-hydrogen) atoms. The minimum absolute atomic E-state index is 0.629. The molecule has 10 aromatic rings. The molecule has 10 rings (SSSR count). The molecule has 4 aromatic heterocycles. The summed E-state index contributed by atoms with van der Waals surface area (Å²) in [6.07, 6.45) is 0. The lowest BCUT2D eigenvalue weighted by molar-refractivity contribution is 1.07. The summed E-state index contributed by atoms with van der Waals surface area (Å²) >= 11 is 1.71. The lowest BCUT2D eigenvalue weighted by atomic mass is 10.0. The van der Waals surface area contributed by atoms with Gasteiger partial charge in [-0.1, -0.05) is 151 Å². The number of aromatic nitrogens is 6. The van der Waals surface area contributed by atoms with Crippen LogP contribution in [0.15, 0.2) is 158 Å². The molecule has 0 radical (unpaired) electrons. The van der Waals surface area contributed by atoms with E-state index in [0.29, 0.717) is 17.5 Å². The van der Waals surface area contributed by atoms with Gasteiger partial charge in [-0.15, -0.1) is 0 Å². The second kappa shape index (κ2) is 11.5. The molecule has 0 spiro atoms. The number of hydrogen-bond donors (Lipinski definition) is 0. The van der Waals surface area contributed by atoms with Gasteiger partial charge >= 0.3 is 0 Å². The van der Waals surface area contributed by atoms with E-state index in [2.05, 4.69) is 89.3 Å². The molecule has 0 N–H and O–H groups in total. The summed E-state index contributed by atoms with van der Waals surface area (Å²) in [4.78, 5) is 26.2. The Kier molecular flexibility index (Phi) is 6.57. The Hall–Kier alpha value is -6.57. The number of thiazole rings is 1. The predicted octanol–water partition coefficient (Wildman–Crippen LogP) is 10.8. The van der Waals surface area contributed by atoms with E-state index in [0.717, 1.165) is 76.2 Å². The first-order valence-corrected chi connectivity index (χ1v) is 17.3. The standard InChI is InChI=1S/C43H26N6S/c1-4-14-27(15-5-1)36-38-37(33-22-10-11-24-34(33)44-36)45-43-49(38)35-25-13-23-32(39(35)50-43)30-20-12-21-31(26-30)42-47-40(28-16-6-2-7-17-28)46-41(48-42)29-18-8-3-9-19-29/h1-26H. The third-order valence-corrected chi connectivity index (χ3v) is 10.2. The molecule has 0 aliphatic carbocycles. The van der Waals surface area contributed by atoms with Crippen molar-refractivity contribution in [1.82, 2.24) is 29.3 Å². The van der Waals surface area contributed by atoms with E-state index in [4.69, 9.17) is 24.9 Å². The van der Waals surface area contributed by atoms with Crippen LogP contribution in [-0.2, 0) is 0 Å². The Bertz CT molecular complexity index is 2810. The molecule has 7 heteroatoms. The quantitative estimate of drug-likeness (QED) is 0.184. The Labute approximate surface area is 291 Å². The van der Waals surface area contributed by atoms with Crippen LogP contribution in [0.2, 0.25) is 0 Å². The highest BCUT2D eigenvalue weighted by atomic mass is 32.1. The SMILES string of the molecule is c1ccc(-c2nc(-c3ccccc3)nc(-c3cccc(-c4cccc5c4sc4nc6c7ccccc7nc(-c7ccccc7)c6n45)c3)n2)cc1. The number of pyridine rings is 1. The molecular weight excluding hydrogens is 633 g/mol. The molecule has 6 nitrogen and oxygen atoms in total. The summed E-state index contributed by atoms with van der Waals surface area (Å²) in [6.45, 7) is 0. The number of hydrogen-bond acceptors (Lipinski definition) is 6. The number of fused-ring (bicyclic) bond motifs is 7. The molecule has 6 aromatic carbocycles. The van der Waals surface area contributed by atoms with E-state index in [1.54, 1.807) is 11.3 Å². The van der Waals surface area contributed by atoms with Gasteiger partial charge < -0.3 is 0 Å². The van der Waals surface area contributed by atoms with Crippen LogP contribution in [0.5, 0.6) is 0 Å². The van der Waals surface area contributed by atoms with Crippen molar-refractivity contribution >= 4 is 48.5 Å². The summed E-state index contributed by atoms with van der Waals surface area (Å²) in [6, 6.07) is 53.8. The summed E-state index contributed by atoms with van der Waals surface area (Å²) in [5.74, 6) is 1.91. The van der Waals surface area contributed by atoms with E-state index >= 15 is 0 Å². The zero-order valence-corrected chi connectivity index (χ0v) is 27.4. The molecule has 0 saturated carbocycles. The topological polar surface area (TPSA) is 68.9 Å². The summed E-state index contributed by atoms with van der Waals surface area (Å²) < 4.78 is 3.45. The predicted molar refractivity (Wildman–Crippen MR) is 204 cm³/mol. The summed E-state index contributed by atoms with van der Waals surface area (Å²) in [7, 11) is 0. The van der Waals surface area contributed by atoms with Crippen molar-refractivity contribution < 1.29 is 0 Å². The van der Waals surface area contributed by atoms with Crippen LogP contribution < -0.4 is 0 Å². The van der Waals surface area contributed by atoms with Crippen LogP contribution in [0.3, 0.4) is 0 Å². The molecule has 0 amide bonds. The first-order chi connectivity index (χ1) is 24.8. The van der Waals surface area contributed by atoms with Crippen LogP contribution in [0.4, 0.5) is 0 Å². The van der Waals surface area contributed by atoms with Crippen molar-refractivity contribution in [1.29, 1.82) is 0 Å². The average Bonchev–Trinajstić information content (AvgIpc) is 3.76. The van der Waals surface area contributed by atoms with Crippen molar-refractivity contribution in [3.8, 4) is 56.5 Å². The van der Waals surface area contributed by atoms with Crippen LogP contribution in [-0.4, -0.2) is 29.3 Å². The molecule has 0 unspecified atom stereocenters. The van der Waals surface area contributed by atoms with Crippen molar-refractivity contribution in [2.75, 3.05) is 0 Å². The van der Waals surface area contributed by atoms with Gasteiger partial charge in [-0.2, -0.15) is 0 Å². The van der Waals surface area contributed by atoms with E-state index in [1.165, 1.54) is 0 Å². The van der Waals surface area contributed by atoms with Gasteiger partial charge in [-0.05, 0) is 23.8 Å². The lowest BCUT2D eigenvalue weighted by Gasteiger charge is -2.10. The zero-order valence-electron chi connectivity index (χ0n) is 26.6. The van der Waals surface area contributed by atoms with Crippen LogP contribution >= 0.6 is 11.3 Å². The Morgan fingerprint density at radius 1 is 0.440 bits per heavy atom. The molecule has 0 fully saturated rings. The minimum Gasteiger partial charge on any atom is -0.281 e. The Morgan fingerprint density at radius 3 is 1.70 bits per heavy atom. The van der Waals surface area contributed by atoms with Gasteiger partial charge in [0.1, 0.15) is 11.0 Å². The van der Waals surface area contributed by atoms with Gasteiger partial charge in [0.15, 0.2) is 22.4 Å². The number of benzene rings is 6. The highest BCUT2D eigenvalue weighted by Gasteiger charge is 2.21. The average molecular weight is 659 g/mol. The van der Waals surface area contributed by atoms with Crippen LogP contribution in [0.1, 0.15) is 0 Å². The van der Waals surface area contributed by atoms with E-state index in [1.807, 2.05) is 72.8 Å². The molecule has 0 atom stereocenters. The van der Waals surface area contributed by atoms with Crippen molar-refractivity contribution in [2.24, 2.45) is 0 Å². The minimum atomic E-state index is 0.629. The van der Waals surface area contributed by atoms with Gasteiger partial charge in [-0.3, -0.25) is 4.40 Å². The van der Waals surface area contributed by atoms with Gasteiger partial charge in [-0.25, -0.2) is 24.9 Å². The molecule has 0 saturated heterocycles. The molecule has 0 aliphatic heterocycles. The fourth-order valence-corrected chi connectivity index (χ4v) is 7.89. The number of rotatable bonds is 5. The fourth-order valence-electron chi connectivity index (χ4n) is 6.73. The third kappa shape index (κ3) is 4.67. The number of nitrogens with zero attached hydrogens (tertiary/aromatic N) is 6. The van der Waals surface area contributed by atoms with Crippen molar-refractivity contribution in [3.63, 3.8) is 0 Å². The normalized spacial score (nSPS) is 11.6. The first-order valence-electron chi connectivity index (χ1n) is 16.4. The zero-order chi connectivity index (χ0) is 33.0. The second-order valence-corrected chi connectivity index (χ2v) is 13.1. The Balaban J connectivity index is 1.16. The fraction of sp³-hybridized carbons (Fsp3) is 0. The smallest absolute Gasteiger partial charge is 0.195 e.